The second-order valence-corrected chi connectivity index (χ2v) is 21.6. The van der Waals surface area contributed by atoms with Crippen LogP contribution in [0, 0.1) is 0 Å². The lowest BCUT2D eigenvalue weighted by atomic mass is 10.0. The first-order chi connectivity index (χ1) is 36.6. The van der Waals surface area contributed by atoms with Crippen LogP contribution in [0.4, 0.5) is 0 Å². The Labute approximate surface area is 461 Å². The smallest absolute Gasteiger partial charge is 0.306 e. The van der Waals surface area contributed by atoms with E-state index in [0.717, 1.165) is 77.0 Å². The van der Waals surface area contributed by atoms with Crippen LogP contribution in [0.5, 0.6) is 0 Å². The molecule has 0 aromatic carbocycles. The highest BCUT2D eigenvalue weighted by Crippen LogP contribution is 2.16. The maximum absolute atomic E-state index is 12.9. The number of carbonyl (C=O) groups is 3. The van der Waals surface area contributed by atoms with Crippen molar-refractivity contribution >= 4 is 17.9 Å². The van der Waals surface area contributed by atoms with E-state index in [-0.39, 0.29) is 38.6 Å². The van der Waals surface area contributed by atoms with Crippen LogP contribution >= 0.6 is 0 Å². The van der Waals surface area contributed by atoms with Crippen molar-refractivity contribution in [2.75, 3.05) is 47.5 Å². The normalized spacial score (nSPS) is 13.3. The molecule has 0 aliphatic rings. The molecule has 0 aliphatic carbocycles. The zero-order valence-corrected chi connectivity index (χ0v) is 49.1. The van der Waals surface area contributed by atoms with E-state index >= 15 is 0 Å². The van der Waals surface area contributed by atoms with Gasteiger partial charge in [0.15, 0.2) is 12.4 Å². The Morgan fingerprint density at radius 2 is 0.760 bits per heavy atom. The molecule has 9 heteroatoms. The Kier molecular flexibility index (Phi) is 54.0. The largest absolute Gasteiger partial charge is 0.545 e. The quantitative estimate of drug-likeness (QED) is 0.0195. The van der Waals surface area contributed by atoms with Crippen LogP contribution in [-0.4, -0.2) is 82.3 Å². The molecular formula is C66H115NO8. The number of ether oxygens (including phenoxy) is 4. The first kappa shape index (κ1) is 71.5. The number of hydrogen-bond donors (Lipinski definition) is 0. The van der Waals surface area contributed by atoms with E-state index in [2.05, 4.69) is 98.9 Å². The van der Waals surface area contributed by atoms with Gasteiger partial charge in [0.05, 0.1) is 40.3 Å². The summed E-state index contributed by atoms with van der Waals surface area (Å²) in [6.07, 6.45) is 72.0. The molecule has 0 heterocycles. The lowest BCUT2D eigenvalue weighted by Crippen LogP contribution is -2.44. The molecule has 0 N–H and O–H groups in total. The first-order valence-electron chi connectivity index (χ1n) is 30.7. The molecule has 0 saturated heterocycles. The molecule has 9 nitrogen and oxygen atoms in total. The van der Waals surface area contributed by atoms with Gasteiger partial charge in [-0.25, -0.2) is 0 Å². The molecule has 0 rings (SSSR count). The predicted octanol–water partition coefficient (Wildman–Crippen LogP) is 17.0. The number of carboxylic acids is 1. The predicted molar refractivity (Wildman–Crippen MR) is 315 cm³/mol. The molecule has 0 saturated carbocycles. The molecule has 0 fully saturated rings. The maximum Gasteiger partial charge on any atom is 0.306 e. The third-order valence-corrected chi connectivity index (χ3v) is 13.1. The molecule has 75 heavy (non-hydrogen) atoms. The number of esters is 2. The molecule has 0 amide bonds. The summed E-state index contributed by atoms with van der Waals surface area (Å²) in [5, 5.41) is 11.8. The number of hydrogen-bond acceptors (Lipinski definition) is 8. The SMILES string of the molecule is CC/C=C\C/C=C\C/C=C\C/C=C\C/C=C\CCCCCCCCCCCCCCCCCC(=O)OC(COC(=O)CCCCCCCCCCC/C=C\C/C=C\CCCCC)COC(OCC[N+](C)(C)C)C(=O)[O-]. The van der Waals surface area contributed by atoms with Crippen LogP contribution in [0.3, 0.4) is 0 Å². The minimum absolute atomic E-state index is 0.145. The number of carbonyl (C=O) groups excluding carboxylic acids is 3. The average molecular weight is 1050 g/mol. The number of likely N-dealkylation sites (N-methyl/N-ethyl adjacent to an activating group) is 1. The molecule has 0 aromatic heterocycles. The Morgan fingerprint density at radius 3 is 1.13 bits per heavy atom. The molecule has 0 aliphatic heterocycles. The lowest BCUT2D eigenvalue weighted by Gasteiger charge is -2.26. The van der Waals surface area contributed by atoms with Crippen LogP contribution in [0.2, 0.25) is 0 Å². The van der Waals surface area contributed by atoms with Gasteiger partial charge in [-0.1, -0.05) is 240 Å². The van der Waals surface area contributed by atoms with Gasteiger partial charge < -0.3 is 33.3 Å². The van der Waals surface area contributed by atoms with Crippen molar-refractivity contribution in [2.45, 2.75) is 270 Å². The standard InChI is InChI=1S/C66H115NO8/c1-6-8-10-12-14-16-18-20-22-24-26-27-28-29-30-31-32-33-34-35-36-37-39-41-43-45-47-49-51-53-55-57-64(69)75-62(61-74-66(65(70)71)72-59-58-67(3,4)5)60-73-63(68)56-54-52-50-48-46-44-42-40-38-25-23-21-19-17-15-13-11-9-7-2/h8,10,14-17,20-23,26-27,29-30,62,66H,6-7,9,11-13,18-19,24-25,28,31-61H2,1-5H3/b10-8-,16-14-,17-15-,22-20-,23-21-,27-26-,30-29-. The minimum atomic E-state index is -1.63. The van der Waals surface area contributed by atoms with Gasteiger partial charge in [0.1, 0.15) is 13.2 Å². The number of nitrogens with zero attached hydrogens (tertiary/aromatic N) is 1. The Bertz CT molecular complexity index is 1500. The number of allylic oxidation sites excluding steroid dienone is 14. The summed E-state index contributed by atoms with van der Waals surface area (Å²) >= 11 is 0. The van der Waals surface area contributed by atoms with Crippen LogP contribution in [0.15, 0.2) is 85.1 Å². The molecule has 2 atom stereocenters. The third kappa shape index (κ3) is 58.0. The highest BCUT2D eigenvalue weighted by molar-refractivity contribution is 5.70. The highest BCUT2D eigenvalue weighted by Gasteiger charge is 2.22. The maximum atomic E-state index is 12.9. The first-order valence-corrected chi connectivity index (χ1v) is 30.7. The number of aliphatic carboxylic acids is 1. The minimum Gasteiger partial charge on any atom is -0.545 e. The second kappa shape index (κ2) is 56.7. The van der Waals surface area contributed by atoms with Gasteiger partial charge in [-0.05, 0) is 89.9 Å². The van der Waals surface area contributed by atoms with Crippen molar-refractivity contribution in [2.24, 2.45) is 0 Å². The number of rotatable bonds is 56. The van der Waals surface area contributed by atoms with Crippen molar-refractivity contribution < 1.29 is 42.9 Å². The van der Waals surface area contributed by atoms with Crippen molar-refractivity contribution in [3.63, 3.8) is 0 Å². The zero-order chi connectivity index (χ0) is 54.8. The van der Waals surface area contributed by atoms with Crippen LogP contribution < -0.4 is 5.11 Å². The summed E-state index contributed by atoms with van der Waals surface area (Å²) in [5.41, 5.74) is 0. The topological polar surface area (TPSA) is 111 Å². The van der Waals surface area contributed by atoms with E-state index in [4.69, 9.17) is 18.9 Å². The molecule has 0 aromatic rings. The molecule has 2 unspecified atom stereocenters. The van der Waals surface area contributed by atoms with Crippen LogP contribution in [0.25, 0.3) is 0 Å². The summed E-state index contributed by atoms with van der Waals surface area (Å²) in [7, 11) is 5.92. The van der Waals surface area contributed by atoms with Crippen molar-refractivity contribution in [3.8, 4) is 0 Å². The monoisotopic (exact) mass is 1050 g/mol. The average Bonchev–Trinajstić information content (AvgIpc) is 3.38. The molecule has 0 bridgehead atoms. The fraction of sp³-hybridized carbons (Fsp3) is 0.742. The van der Waals surface area contributed by atoms with E-state index in [9.17, 15) is 19.5 Å². The van der Waals surface area contributed by atoms with E-state index in [1.807, 2.05) is 21.1 Å². The zero-order valence-electron chi connectivity index (χ0n) is 49.1. The van der Waals surface area contributed by atoms with Gasteiger partial charge in [0.25, 0.3) is 0 Å². The van der Waals surface area contributed by atoms with Crippen molar-refractivity contribution in [1.82, 2.24) is 0 Å². The summed E-state index contributed by atoms with van der Waals surface area (Å²) in [6, 6.07) is 0. The van der Waals surface area contributed by atoms with Crippen LogP contribution in [-0.2, 0) is 33.3 Å². The van der Waals surface area contributed by atoms with Gasteiger partial charge in [-0.2, -0.15) is 0 Å². The molecule has 432 valence electrons. The third-order valence-electron chi connectivity index (χ3n) is 13.1. The summed E-state index contributed by atoms with van der Waals surface area (Å²) < 4.78 is 22.7. The summed E-state index contributed by atoms with van der Waals surface area (Å²) in [6.45, 7) is 4.62. The van der Waals surface area contributed by atoms with Gasteiger partial charge in [0, 0.05) is 12.8 Å². The van der Waals surface area contributed by atoms with Gasteiger partial charge in [0.2, 0.25) is 0 Å². The lowest BCUT2D eigenvalue weighted by molar-refractivity contribution is -0.870. The fourth-order valence-corrected chi connectivity index (χ4v) is 8.42. The van der Waals surface area contributed by atoms with Crippen molar-refractivity contribution in [1.29, 1.82) is 0 Å². The van der Waals surface area contributed by atoms with Crippen LogP contribution in [0.1, 0.15) is 258 Å². The number of quaternary nitrogens is 1. The summed E-state index contributed by atoms with van der Waals surface area (Å²) in [5.74, 6) is -2.28. The Morgan fingerprint density at radius 1 is 0.413 bits per heavy atom. The van der Waals surface area contributed by atoms with Gasteiger partial charge >= 0.3 is 11.9 Å². The number of unbranched alkanes of at least 4 members (excludes halogenated alkanes) is 27. The van der Waals surface area contributed by atoms with E-state index in [0.29, 0.717) is 17.4 Å². The Hall–Kier alpha value is -3.53. The van der Waals surface area contributed by atoms with Gasteiger partial charge in [-0.15, -0.1) is 0 Å². The van der Waals surface area contributed by atoms with Crippen molar-refractivity contribution in [3.05, 3.63) is 85.1 Å². The molecule has 0 spiro atoms. The van der Waals surface area contributed by atoms with E-state index in [1.54, 1.807) is 0 Å². The van der Waals surface area contributed by atoms with E-state index in [1.165, 1.54) is 148 Å². The van der Waals surface area contributed by atoms with E-state index < -0.39 is 24.3 Å². The number of carboxylic acid groups (broad SMARTS) is 1. The van der Waals surface area contributed by atoms with Gasteiger partial charge in [-0.3, -0.25) is 9.59 Å². The highest BCUT2D eigenvalue weighted by atomic mass is 16.7. The molecule has 0 radical (unpaired) electrons. The summed E-state index contributed by atoms with van der Waals surface area (Å²) in [4.78, 5) is 37.3. The fourth-order valence-electron chi connectivity index (χ4n) is 8.42. The Balaban J connectivity index is 4.17. The second-order valence-electron chi connectivity index (χ2n) is 21.6. The molecular weight excluding hydrogens is 935 g/mol.